The molecule has 0 bridgehead atoms. The van der Waals surface area contributed by atoms with E-state index in [-0.39, 0.29) is 17.9 Å². The Hall–Kier alpha value is -3.72. The lowest BCUT2D eigenvalue weighted by molar-refractivity contribution is 0.0736. The van der Waals surface area contributed by atoms with Gasteiger partial charge in [0.1, 0.15) is 0 Å². The third kappa shape index (κ3) is 5.43. The second-order valence-corrected chi connectivity index (χ2v) is 9.57. The molecule has 3 N–H and O–H groups in total. The Labute approximate surface area is 202 Å². The number of thiazole rings is 1. The second kappa shape index (κ2) is 10.0. The van der Waals surface area contributed by atoms with E-state index >= 15 is 0 Å². The third-order valence-electron chi connectivity index (χ3n) is 5.34. The molecule has 0 saturated carbocycles. The van der Waals surface area contributed by atoms with E-state index in [2.05, 4.69) is 20.9 Å². The van der Waals surface area contributed by atoms with Crippen molar-refractivity contribution in [1.82, 2.24) is 15.2 Å². The van der Waals surface area contributed by atoms with Crippen LogP contribution in [0.4, 0.5) is 15.6 Å². The van der Waals surface area contributed by atoms with Gasteiger partial charge in [-0.2, -0.15) is 0 Å². The molecule has 4 rings (SSSR count). The molecular weight excluding hydrogens is 450 g/mol. The monoisotopic (exact) mass is 477 g/mol. The maximum absolute atomic E-state index is 12.9. The Balaban J connectivity index is 1.41. The van der Waals surface area contributed by atoms with Gasteiger partial charge >= 0.3 is 6.03 Å². The van der Waals surface area contributed by atoms with E-state index in [9.17, 15) is 14.4 Å². The van der Waals surface area contributed by atoms with Gasteiger partial charge in [-0.15, -0.1) is 0 Å². The minimum absolute atomic E-state index is 0.00807. The van der Waals surface area contributed by atoms with Crippen LogP contribution in [0.25, 0.3) is 0 Å². The summed E-state index contributed by atoms with van der Waals surface area (Å²) < 4.78 is 0. The molecule has 1 aliphatic heterocycles. The summed E-state index contributed by atoms with van der Waals surface area (Å²) in [5, 5.41) is 8.78. The van der Waals surface area contributed by atoms with E-state index in [1.165, 1.54) is 11.3 Å². The fraction of sp³-hybridized carbons (Fsp3) is 0.280. The number of aromatic nitrogens is 1. The zero-order valence-electron chi connectivity index (χ0n) is 19.3. The van der Waals surface area contributed by atoms with Crippen molar-refractivity contribution >= 4 is 40.0 Å². The molecular formula is C25H27N5O3S. The third-order valence-corrected chi connectivity index (χ3v) is 6.34. The zero-order chi connectivity index (χ0) is 24.2. The highest BCUT2D eigenvalue weighted by Crippen LogP contribution is 2.29. The lowest BCUT2D eigenvalue weighted by Crippen LogP contribution is -2.35. The highest BCUT2D eigenvalue weighted by molar-refractivity contribution is 7.15. The molecule has 0 spiro atoms. The Morgan fingerprint density at radius 3 is 2.62 bits per heavy atom. The highest BCUT2D eigenvalue weighted by atomic mass is 32.1. The van der Waals surface area contributed by atoms with E-state index in [0.717, 1.165) is 16.1 Å². The fourth-order valence-electron chi connectivity index (χ4n) is 3.76. The van der Waals surface area contributed by atoms with Crippen LogP contribution in [0.2, 0.25) is 0 Å². The van der Waals surface area contributed by atoms with Gasteiger partial charge < -0.3 is 15.5 Å². The van der Waals surface area contributed by atoms with Crippen LogP contribution >= 0.6 is 11.3 Å². The average Bonchev–Trinajstić information content (AvgIpc) is 3.19. The number of urea groups is 1. The molecule has 1 aromatic heterocycles. The van der Waals surface area contributed by atoms with Gasteiger partial charge in [-0.3, -0.25) is 14.9 Å². The molecule has 3 aromatic rings. The van der Waals surface area contributed by atoms with Crippen molar-refractivity contribution in [3.05, 3.63) is 75.8 Å². The number of hydrogen-bond donors (Lipinski definition) is 3. The molecule has 34 heavy (non-hydrogen) atoms. The standard InChI is InChI=1S/C25H27N5O3S/c1-15(2)26-22(31)18-9-4-5-10-19(18)27-24(33)29-25-28-20-11-12-30(14-21(20)34-25)23(32)17-8-6-7-16(3)13-17/h4-10,13,15H,11-12,14H2,1-3H3,(H,26,31)(H2,27,28,29,33). The van der Waals surface area contributed by atoms with Gasteiger partial charge in [0.15, 0.2) is 5.13 Å². The number of hydrogen-bond acceptors (Lipinski definition) is 5. The van der Waals surface area contributed by atoms with Crippen molar-refractivity contribution in [3.63, 3.8) is 0 Å². The molecule has 176 valence electrons. The summed E-state index contributed by atoms with van der Waals surface area (Å²) in [5.74, 6) is -0.264. The van der Waals surface area contributed by atoms with Gasteiger partial charge in [-0.25, -0.2) is 9.78 Å². The first-order valence-electron chi connectivity index (χ1n) is 11.1. The topological polar surface area (TPSA) is 103 Å². The number of nitrogens with zero attached hydrogens (tertiary/aromatic N) is 2. The van der Waals surface area contributed by atoms with Gasteiger partial charge in [-0.05, 0) is 45.0 Å². The van der Waals surface area contributed by atoms with Crippen molar-refractivity contribution in [2.75, 3.05) is 17.2 Å². The Kier molecular flexibility index (Phi) is 6.93. The molecule has 2 heterocycles. The normalized spacial score (nSPS) is 12.8. The number of aryl methyl sites for hydroxylation is 1. The van der Waals surface area contributed by atoms with Gasteiger partial charge in [-0.1, -0.05) is 41.2 Å². The van der Waals surface area contributed by atoms with Crippen molar-refractivity contribution in [2.24, 2.45) is 0 Å². The number of carbonyl (C=O) groups is 3. The van der Waals surface area contributed by atoms with E-state index in [4.69, 9.17) is 0 Å². The number of anilines is 2. The zero-order valence-corrected chi connectivity index (χ0v) is 20.2. The predicted octanol–water partition coefficient (Wildman–Crippen LogP) is 4.43. The molecule has 0 saturated heterocycles. The minimum atomic E-state index is -0.483. The number of nitrogens with one attached hydrogen (secondary N) is 3. The SMILES string of the molecule is Cc1cccc(C(=O)N2CCc3nc(NC(=O)Nc4ccccc4C(=O)NC(C)C)sc3C2)c1. The van der Waals surface area contributed by atoms with Crippen LogP contribution in [-0.4, -0.2) is 40.3 Å². The van der Waals surface area contributed by atoms with Crippen LogP contribution < -0.4 is 16.0 Å². The summed E-state index contributed by atoms with van der Waals surface area (Å²) in [6, 6.07) is 13.9. The van der Waals surface area contributed by atoms with E-state index in [1.807, 2.05) is 49.9 Å². The Morgan fingerprint density at radius 1 is 1.06 bits per heavy atom. The molecule has 0 aliphatic carbocycles. The number of carbonyl (C=O) groups excluding carboxylic acids is 3. The molecule has 9 heteroatoms. The van der Waals surface area contributed by atoms with Crippen molar-refractivity contribution in [2.45, 2.75) is 39.8 Å². The number of benzene rings is 2. The van der Waals surface area contributed by atoms with Gasteiger partial charge in [0, 0.05) is 29.4 Å². The largest absolute Gasteiger partial charge is 0.350 e. The molecule has 0 fully saturated rings. The second-order valence-electron chi connectivity index (χ2n) is 8.49. The summed E-state index contributed by atoms with van der Waals surface area (Å²) in [6.07, 6.45) is 0.630. The summed E-state index contributed by atoms with van der Waals surface area (Å²) in [7, 11) is 0. The van der Waals surface area contributed by atoms with Crippen LogP contribution in [0, 0.1) is 6.92 Å². The summed E-state index contributed by atoms with van der Waals surface area (Å²) in [6.45, 7) is 6.75. The summed E-state index contributed by atoms with van der Waals surface area (Å²) >= 11 is 1.36. The van der Waals surface area contributed by atoms with Crippen LogP contribution in [0.5, 0.6) is 0 Å². The van der Waals surface area contributed by atoms with Crippen molar-refractivity contribution < 1.29 is 14.4 Å². The maximum atomic E-state index is 12.9. The number of fused-ring (bicyclic) bond motifs is 1. The average molecular weight is 478 g/mol. The van der Waals surface area contributed by atoms with Crippen molar-refractivity contribution in [3.8, 4) is 0 Å². The first-order chi connectivity index (χ1) is 16.3. The van der Waals surface area contributed by atoms with Gasteiger partial charge in [0.25, 0.3) is 11.8 Å². The lowest BCUT2D eigenvalue weighted by Gasteiger charge is -2.26. The van der Waals surface area contributed by atoms with Gasteiger partial charge in [0.05, 0.1) is 23.5 Å². The summed E-state index contributed by atoms with van der Waals surface area (Å²) in [4.78, 5) is 45.3. The van der Waals surface area contributed by atoms with E-state index < -0.39 is 6.03 Å². The fourth-order valence-corrected chi connectivity index (χ4v) is 4.78. The smallest absolute Gasteiger partial charge is 0.325 e. The molecule has 0 atom stereocenters. The molecule has 0 radical (unpaired) electrons. The predicted molar refractivity (Wildman–Crippen MR) is 133 cm³/mol. The maximum Gasteiger partial charge on any atom is 0.325 e. The van der Waals surface area contributed by atoms with Crippen LogP contribution in [0.1, 0.15) is 50.7 Å². The van der Waals surface area contributed by atoms with Gasteiger partial charge in [0.2, 0.25) is 0 Å². The molecule has 1 aliphatic rings. The molecule has 4 amide bonds. The molecule has 8 nitrogen and oxygen atoms in total. The Bertz CT molecular complexity index is 1240. The lowest BCUT2D eigenvalue weighted by atomic mass is 10.1. The van der Waals surface area contributed by atoms with Crippen LogP contribution in [0.15, 0.2) is 48.5 Å². The number of rotatable bonds is 5. The first-order valence-corrected chi connectivity index (χ1v) is 11.9. The van der Waals surface area contributed by atoms with E-state index in [1.54, 1.807) is 24.3 Å². The van der Waals surface area contributed by atoms with Crippen LogP contribution in [-0.2, 0) is 13.0 Å². The first kappa shape index (κ1) is 23.4. The molecule has 2 aromatic carbocycles. The Morgan fingerprint density at radius 2 is 1.85 bits per heavy atom. The van der Waals surface area contributed by atoms with Crippen LogP contribution in [0.3, 0.4) is 0 Å². The van der Waals surface area contributed by atoms with E-state index in [0.29, 0.717) is 41.5 Å². The quantitative estimate of drug-likeness (QED) is 0.506. The number of amides is 4. The highest BCUT2D eigenvalue weighted by Gasteiger charge is 2.25. The summed E-state index contributed by atoms with van der Waals surface area (Å²) in [5.41, 5.74) is 3.41. The van der Waals surface area contributed by atoms with Crippen molar-refractivity contribution in [1.29, 1.82) is 0 Å². The number of para-hydroxylation sites is 1. The molecule has 0 unspecified atom stereocenters. The minimum Gasteiger partial charge on any atom is -0.350 e.